The van der Waals surface area contributed by atoms with Gasteiger partial charge in [0.25, 0.3) is 0 Å². The summed E-state index contributed by atoms with van der Waals surface area (Å²) < 4.78 is 1.79. The zero-order chi connectivity index (χ0) is 11.8. The summed E-state index contributed by atoms with van der Waals surface area (Å²) in [5.41, 5.74) is 2.75. The summed E-state index contributed by atoms with van der Waals surface area (Å²) in [6, 6.07) is 5.86. The van der Waals surface area contributed by atoms with Crippen LogP contribution in [0.2, 0.25) is 0 Å². The summed E-state index contributed by atoms with van der Waals surface area (Å²) in [6.07, 6.45) is 3.66. The monoisotopic (exact) mass is 243 g/mol. The van der Waals surface area contributed by atoms with Crippen LogP contribution in [0.1, 0.15) is 5.01 Å². The van der Waals surface area contributed by atoms with E-state index in [1.54, 1.807) is 10.7 Å². The van der Waals surface area contributed by atoms with E-state index in [0.717, 1.165) is 16.8 Å². The van der Waals surface area contributed by atoms with Gasteiger partial charge in [0.05, 0.1) is 17.4 Å². The summed E-state index contributed by atoms with van der Waals surface area (Å²) in [5, 5.41) is 16.0. The molecule has 0 bridgehead atoms. The number of thiazole rings is 1. The van der Waals surface area contributed by atoms with E-state index < -0.39 is 0 Å². The Bertz CT molecular complexity index is 698. The first-order valence-corrected chi connectivity index (χ1v) is 5.90. The van der Waals surface area contributed by atoms with Gasteiger partial charge in [-0.15, -0.1) is 11.3 Å². The van der Waals surface area contributed by atoms with Gasteiger partial charge in [-0.25, -0.2) is 9.50 Å². The van der Waals surface area contributed by atoms with Crippen molar-refractivity contribution in [3.8, 4) is 11.3 Å². The summed E-state index contributed by atoms with van der Waals surface area (Å²) in [6.45, 7) is 3.46. The van der Waals surface area contributed by atoms with Crippen LogP contribution in [0.5, 0.6) is 0 Å². The quantitative estimate of drug-likeness (QED) is 0.704. The van der Waals surface area contributed by atoms with Crippen LogP contribution in [0, 0.1) is 0 Å². The number of aromatic nitrogens is 3. The van der Waals surface area contributed by atoms with Crippen LogP contribution in [-0.4, -0.2) is 19.7 Å². The molecular weight excluding hydrogens is 234 g/mol. The number of aliphatic hydroxyl groups excluding tert-OH is 1. The third kappa shape index (κ3) is 1.60. The minimum atomic E-state index is -0.00211. The van der Waals surface area contributed by atoms with E-state index in [0.29, 0.717) is 5.01 Å². The molecular formula is C12H9N3OS. The molecule has 4 nitrogen and oxygen atoms in total. The van der Waals surface area contributed by atoms with Gasteiger partial charge in [-0.2, -0.15) is 5.10 Å². The van der Waals surface area contributed by atoms with Gasteiger partial charge in [0.1, 0.15) is 5.76 Å². The number of nitrogens with zero attached hydrogens (tertiary/aromatic N) is 3. The third-order valence-electron chi connectivity index (χ3n) is 2.45. The molecule has 1 N–H and O–H groups in total. The van der Waals surface area contributed by atoms with E-state index in [9.17, 15) is 5.11 Å². The number of fused-ring (bicyclic) bond motifs is 1. The van der Waals surface area contributed by atoms with Crippen LogP contribution in [0.15, 0.2) is 42.6 Å². The van der Waals surface area contributed by atoms with E-state index in [2.05, 4.69) is 16.7 Å². The molecule has 84 valence electrons. The highest BCUT2D eigenvalue weighted by Crippen LogP contribution is 2.27. The predicted octanol–water partition coefficient (Wildman–Crippen LogP) is 2.99. The van der Waals surface area contributed by atoms with Gasteiger partial charge >= 0.3 is 0 Å². The molecule has 0 radical (unpaired) electrons. The molecule has 5 heteroatoms. The Morgan fingerprint density at radius 2 is 2.29 bits per heavy atom. The predicted molar refractivity (Wildman–Crippen MR) is 68.0 cm³/mol. The number of aliphatic hydroxyl groups is 1. The molecule has 3 rings (SSSR count). The second-order valence-electron chi connectivity index (χ2n) is 3.57. The molecule has 0 fully saturated rings. The smallest absolute Gasteiger partial charge is 0.158 e. The first-order chi connectivity index (χ1) is 8.25. The molecule has 17 heavy (non-hydrogen) atoms. The largest absolute Gasteiger partial charge is 0.505 e. The molecule has 0 saturated heterocycles. The lowest BCUT2D eigenvalue weighted by atomic mass is 10.2. The van der Waals surface area contributed by atoms with Gasteiger partial charge in [-0.05, 0) is 12.1 Å². The van der Waals surface area contributed by atoms with Crippen molar-refractivity contribution in [2.45, 2.75) is 0 Å². The molecule has 3 aromatic heterocycles. The molecule has 0 aromatic carbocycles. The topological polar surface area (TPSA) is 50.4 Å². The lowest BCUT2D eigenvalue weighted by molar-refractivity contribution is 0.513. The zero-order valence-corrected chi connectivity index (χ0v) is 9.68. The van der Waals surface area contributed by atoms with Gasteiger partial charge in [0, 0.05) is 17.1 Å². The maximum atomic E-state index is 9.28. The van der Waals surface area contributed by atoms with E-state index in [1.807, 2.05) is 29.8 Å². The SMILES string of the molecule is C=C(O)c1nc(-c2cnn3ccccc23)cs1. The van der Waals surface area contributed by atoms with Gasteiger partial charge in [-0.3, -0.25) is 0 Å². The van der Waals surface area contributed by atoms with Crippen molar-refractivity contribution in [2.24, 2.45) is 0 Å². The zero-order valence-electron chi connectivity index (χ0n) is 8.87. The van der Waals surface area contributed by atoms with Crippen LogP contribution in [-0.2, 0) is 0 Å². The second-order valence-corrected chi connectivity index (χ2v) is 4.43. The van der Waals surface area contributed by atoms with Crippen molar-refractivity contribution in [2.75, 3.05) is 0 Å². The Morgan fingerprint density at radius 3 is 3.06 bits per heavy atom. The highest BCUT2D eigenvalue weighted by Gasteiger charge is 2.10. The number of hydrogen-bond acceptors (Lipinski definition) is 4. The summed E-state index contributed by atoms with van der Waals surface area (Å²) in [5.74, 6) is -0.00211. The van der Waals surface area contributed by atoms with Crippen molar-refractivity contribution in [3.05, 3.63) is 47.6 Å². The Kier molecular flexibility index (Phi) is 2.19. The maximum absolute atomic E-state index is 9.28. The van der Waals surface area contributed by atoms with Gasteiger partial charge in [0.15, 0.2) is 5.01 Å². The average Bonchev–Trinajstić information content (AvgIpc) is 2.95. The van der Waals surface area contributed by atoms with E-state index in [4.69, 9.17) is 0 Å². The maximum Gasteiger partial charge on any atom is 0.158 e. The summed E-state index contributed by atoms with van der Waals surface area (Å²) in [4.78, 5) is 4.32. The van der Waals surface area contributed by atoms with Crippen molar-refractivity contribution in [1.82, 2.24) is 14.6 Å². The van der Waals surface area contributed by atoms with Crippen molar-refractivity contribution >= 4 is 22.6 Å². The molecule has 0 saturated carbocycles. The molecule has 0 aliphatic rings. The van der Waals surface area contributed by atoms with E-state index in [-0.39, 0.29) is 5.76 Å². The highest BCUT2D eigenvalue weighted by atomic mass is 32.1. The lowest BCUT2D eigenvalue weighted by Crippen LogP contribution is -1.84. The molecule has 0 atom stereocenters. The standard InChI is InChI=1S/C12H9N3OS/c1-8(16)12-14-10(7-17-12)9-6-13-15-5-3-2-4-11(9)15/h2-7,16H,1H2. The molecule has 0 aliphatic heterocycles. The fourth-order valence-corrected chi connectivity index (χ4v) is 2.35. The van der Waals surface area contributed by atoms with Gasteiger partial charge < -0.3 is 5.11 Å². The Balaban J connectivity index is 2.17. The molecule has 0 aliphatic carbocycles. The molecule has 3 aromatic rings. The van der Waals surface area contributed by atoms with E-state index in [1.165, 1.54) is 11.3 Å². The first kappa shape index (κ1) is 10.0. The number of pyridine rings is 1. The van der Waals surface area contributed by atoms with Crippen molar-refractivity contribution in [3.63, 3.8) is 0 Å². The van der Waals surface area contributed by atoms with E-state index >= 15 is 0 Å². The fourth-order valence-electron chi connectivity index (χ4n) is 1.66. The number of hydrogen-bond donors (Lipinski definition) is 1. The highest BCUT2D eigenvalue weighted by molar-refractivity contribution is 7.11. The second kappa shape index (κ2) is 3.71. The van der Waals surface area contributed by atoms with Crippen molar-refractivity contribution in [1.29, 1.82) is 0 Å². The Hall–Kier alpha value is -2.14. The average molecular weight is 243 g/mol. The Morgan fingerprint density at radius 1 is 1.41 bits per heavy atom. The minimum Gasteiger partial charge on any atom is -0.505 e. The number of rotatable bonds is 2. The van der Waals surface area contributed by atoms with Crippen LogP contribution in [0.25, 0.3) is 22.5 Å². The molecule has 0 unspecified atom stereocenters. The van der Waals surface area contributed by atoms with Crippen LogP contribution < -0.4 is 0 Å². The summed E-state index contributed by atoms with van der Waals surface area (Å²) >= 11 is 1.37. The van der Waals surface area contributed by atoms with Gasteiger partial charge in [-0.1, -0.05) is 12.6 Å². The molecule has 0 spiro atoms. The van der Waals surface area contributed by atoms with Crippen LogP contribution in [0.3, 0.4) is 0 Å². The minimum absolute atomic E-state index is 0.00211. The first-order valence-electron chi connectivity index (χ1n) is 5.02. The molecule has 0 amide bonds. The normalized spacial score (nSPS) is 10.8. The van der Waals surface area contributed by atoms with Gasteiger partial charge in [0.2, 0.25) is 0 Å². The fraction of sp³-hybridized carbons (Fsp3) is 0. The Labute approximate surface area is 101 Å². The summed E-state index contributed by atoms with van der Waals surface area (Å²) in [7, 11) is 0. The third-order valence-corrected chi connectivity index (χ3v) is 3.34. The lowest BCUT2D eigenvalue weighted by Gasteiger charge is -1.94. The van der Waals surface area contributed by atoms with Crippen molar-refractivity contribution < 1.29 is 5.11 Å². The van der Waals surface area contributed by atoms with Crippen LogP contribution in [0.4, 0.5) is 0 Å². The molecule has 3 heterocycles. The van der Waals surface area contributed by atoms with Crippen LogP contribution >= 0.6 is 11.3 Å².